The van der Waals surface area contributed by atoms with Crippen LogP contribution in [-0.4, -0.2) is 33.3 Å². The van der Waals surface area contributed by atoms with Crippen molar-refractivity contribution >= 4 is 15.9 Å². The normalized spacial score (nSPS) is 15.8. The molecule has 0 amide bonds. The highest BCUT2D eigenvalue weighted by atomic mass is 79.9. The molecule has 0 aromatic carbocycles. The summed E-state index contributed by atoms with van der Waals surface area (Å²) in [4.78, 5) is 0. The molecule has 1 rings (SSSR count). The van der Waals surface area contributed by atoms with Crippen LogP contribution >= 0.6 is 15.9 Å². The molecule has 13 heavy (non-hydrogen) atoms. The van der Waals surface area contributed by atoms with Gasteiger partial charge in [-0.2, -0.15) is 0 Å². The van der Waals surface area contributed by atoms with Crippen molar-refractivity contribution in [3.8, 4) is 0 Å². The zero-order valence-electron chi connectivity index (χ0n) is 7.73. The lowest BCUT2D eigenvalue weighted by Gasteiger charge is -2.16. The molecule has 2 unspecified atom stereocenters. The number of nitrogens with zero attached hydrogens (tertiary/aromatic N) is 3. The first-order valence-electron chi connectivity index (χ1n) is 3.83. The van der Waals surface area contributed by atoms with Crippen molar-refractivity contribution in [3.63, 3.8) is 0 Å². The number of rotatable bonds is 3. The van der Waals surface area contributed by atoms with E-state index in [9.17, 15) is 5.11 Å². The van der Waals surface area contributed by atoms with E-state index in [1.165, 1.54) is 4.68 Å². The maximum Gasteiger partial charge on any atom is 0.154 e. The summed E-state index contributed by atoms with van der Waals surface area (Å²) in [5, 5.41) is 17.3. The van der Waals surface area contributed by atoms with Gasteiger partial charge in [-0.15, -0.1) is 5.10 Å². The number of aryl methyl sites for hydroxylation is 1. The lowest BCUT2D eigenvalue weighted by atomic mass is 10.2. The molecular weight excluding hydrogens is 238 g/mol. The molecule has 0 radical (unpaired) electrons. The van der Waals surface area contributed by atoms with Gasteiger partial charge in [0.15, 0.2) is 4.60 Å². The molecule has 1 aromatic heterocycles. The van der Waals surface area contributed by atoms with Crippen LogP contribution in [-0.2, 0) is 11.8 Å². The zero-order chi connectivity index (χ0) is 10.0. The lowest BCUT2D eigenvalue weighted by molar-refractivity contribution is -0.00581. The number of aliphatic hydroxyl groups excluding tert-OH is 1. The number of hydrogen-bond acceptors (Lipinski definition) is 4. The zero-order valence-corrected chi connectivity index (χ0v) is 9.32. The van der Waals surface area contributed by atoms with Crippen LogP contribution in [0.3, 0.4) is 0 Å². The fourth-order valence-corrected chi connectivity index (χ4v) is 1.57. The summed E-state index contributed by atoms with van der Waals surface area (Å²) in [5.74, 6) is 0. The SMILES string of the molecule is COC(C)C(O)c1c(Br)nnn1C. The molecule has 0 saturated heterocycles. The summed E-state index contributed by atoms with van der Waals surface area (Å²) in [6.45, 7) is 1.78. The maximum atomic E-state index is 9.78. The quantitative estimate of drug-likeness (QED) is 0.855. The Morgan fingerprint density at radius 1 is 1.62 bits per heavy atom. The molecular formula is C7H12BrN3O2. The molecule has 0 fully saturated rings. The van der Waals surface area contributed by atoms with E-state index in [2.05, 4.69) is 26.2 Å². The highest BCUT2D eigenvalue weighted by Crippen LogP contribution is 2.23. The first-order chi connectivity index (χ1) is 6.07. The third kappa shape index (κ3) is 2.07. The van der Waals surface area contributed by atoms with Gasteiger partial charge in [-0.3, -0.25) is 0 Å². The van der Waals surface area contributed by atoms with Gasteiger partial charge in [0, 0.05) is 14.2 Å². The van der Waals surface area contributed by atoms with Crippen molar-refractivity contribution in [1.82, 2.24) is 15.0 Å². The monoisotopic (exact) mass is 249 g/mol. The third-order valence-electron chi connectivity index (χ3n) is 1.92. The summed E-state index contributed by atoms with van der Waals surface area (Å²) in [6.07, 6.45) is -1.01. The fraction of sp³-hybridized carbons (Fsp3) is 0.714. The highest BCUT2D eigenvalue weighted by molar-refractivity contribution is 9.10. The molecule has 0 bridgehead atoms. The molecule has 1 aromatic rings. The number of halogens is 1. The molecule has 0 spiro atoms. The highest BCUT2D eigenvalue weighted by Gasteiger charge is 2.22. The second-order valence-corrected chi connectivity index (χ2v) is 3.53. The van der Waals surface area contributed by atoms with Crippen LogP contribution in [0.1, 0.15) is 18.7 Å². The van der Waals surface area contributed by atoms with E-state index >= 15 is 0 Å². The topological polar surface area (TPSA) is 60.2 Å². The summed E-state index contributed by atoms with van der Waals surface area (Å²) in [6, 6.07) is 0. The Morgan fingerprint density at radius 2 is 2.23 bits per heavy atom. The maximum absolute atomic E-state index is 9.78. The van der Waals surface area contributed by atoms with E-state index in [1.807, 2.05) is 0 Å². The second kappa shape index (κ2) is 4.17. The standard InChI is InChI=1S/C7H12BrN3O2/c1-4(13-3)6(12)5-7(8)9-10-11(5)2/h4,6,12H,1-3H3. The van der Waals surface area contributed by atoms with Gasteiger partial charge >= 0.3 is 0 Å². The van der Waals surface area contributed by atoms with Crippen molar-refractivity contribution in [2.24, 2.45) is 7.05 Å². The molecule has 0 aliphatic rings. The molecule has 0 aliphatic heterocycles. The van der Waals surface area contributed by atoms with Gasteiger partial charge in [0.25, 0.3) is 0 Å². The van der Waals surface area contributed by atoms with Crippen LogP contribution in [0.5, 0.6) is 0 Å². The van der Waals surface area contributed by atoms with Crippen LogP contribution in [0.15, 0.2) is 4.60 Å². The summed E-state index contributed by atoms with van der Waals surface area (Å²) < 4.78 is 7.07. The van der Waals surface area contributed by atoms with Gasteiger partial charge in [0.05, 0.1) is 6.10 Å². The van der Waals surface area contributed by atoms with Crippen LogP contribution < -0.4 is 0 Å². The van der Waals surface area contributed by atoms with Crippen molar-refractivity contribution in [3.05, 3.63) is 10.3 Å². The fourth-order valence-electron chi connectivity index (χ4n) is 1.00. The minimum Gasteiger partial charge on any atom is -0.384 e. The van der Waals surface area contributed by atoms with Crippen molar-refractivity contribution < 1.29 is 9.84 Å². The van der Waals surface area contributed by atoms with E-state index in [1.54, 1.807) is 21.1 Å². The van der Waals surface area contributed by atoms with E-state index in [0.29, 0.717) is 10.3 Å². The van der Waals surface area contributed by atoms with Gasteiger partial charge < -0.3 is 9.84 Å². The Kier molecular flexibility index (Phi) is 3.40. The third-order valence-corrected chi connectivity index (χ3v) is 2.49. The summed E-state index contributed by atoms with van der Waals surface area (Å²) >= 11 is 3.21. The summed E-state index contributed by atoms with van der Waals surface area (Å²) in [5.41, 5.74) is 0.620. The number of methoxy groups -OCH3 is 1. The van der Waals surface area contributed by atoms with Crippen LogP contribution in [0.4, 0.5) is 0 Å². The summed E-state index contributed by atoms with van der Waals surface area (Å²) in [7, 11) is 3.27. The molecule has 0 saturated carbocycles. The molecule has 2 atom stereocenters. The Hall–Kier alpha value is -0.460. The van der Waals surface area contributed by atoms with Gasteiger partial charge in [-0.25, -0.2) is 4.68 Å². The molecule has 6 heteroatoms. The predicted octanol–water partition coefficient (Wildman–Crippen LogP) is 0.646. The average molecular weight is 250 g/mol. The second-order valence-electron chi connectivity index (χ2n) is 2.77. The molecule has 0 aliphatic carbocycles. The van der Waals surface area contributed by atoms with Crippen molar-refractivity contribution in [1.29, 1.82) is 0 Å². The van der Waals surface area contributed by atoms with Gasteiger partial charge in [-0.1, -0.05) is 5.21 Å². The molecule has 5 nitrogen and oxygen atoms in total. The van der Waals surface area contributed by atoms with Crippen molar-refractivity contribution in [2.45, 2.75) is 19.1 Å². The largest absolute Gasteiger partial charge is 0.384 e. The van der Waals surface area contributed by atoms with Gasteiger partial charge in [0.2, 0.25) is 0 Å². The Bertz CT molecular complexity index is 270. The Balaban J connectivity index is 2.93. The lowest BCUT2D eigenvalue weighted by Crippen LogP contribution is -2.19. The Labute approximate surface area is 84.8 Å². The van der Waals surface area contributed by atoms with E-state index in [0.717, 1.165) is 0 Å². The van der Waals surface area contributed by atoms with Gasteiger partial charge in [-0.05, 0) is 22.9 Å². The van der Waals surface area contributed by atoms with Crippen molar-refractivity contribution in [2.75, 3.05) is 7.11 Å². The smallest absolute Gasteiger partial charge is 0.154 e. The number of ether oxygens (including phenoxy) is 1. The number of hydrogen-bond donors (Lipinski definition) is 1. The van der Waals surface area contributed by atoms with E-state index < -0.39 is 6.10 Å². The Morgan fingerprint density at radius 3 is 2.62 bits per heavy atom. The first-order valence-corrected chi connectivity index (χ1v) is 4.63. The number of aromatic nitrogens is 3. The first kappa shape index (κ1) is 10.6. The van der Waals surface area contributed by atoms with Crippen LogP contribution in [0.2, 0.25) is 0 Å². The van der Waals surface area contributed by atoms with Crippen LogP contribution in [0, 0.1) is 0 Å². The minimum atomic E-state index is -0.723. The predicted molar refractivity (Wildman–Crippen MR) is 50.1 cm³/mol. The van der Waals surface area contributed by atoms with Gasteiger partial charge in [0.1, 0.15) is 11.8 Å². The van der Waals surface area contributed by atoms with Crippen LogP contribution in [0.25, 0.3) is 0 Å². The molecule has 1 N–H and O–H groups in total. The average Bonchev–Trinajstić information content (AvgIpc) is 2.44. The van der Waals surface area contributed by atoms with E-state index in [4.69, 9.17) is 4.74 Å². The molecule has 1 heterocycles. The number of aliphatic hydroxyl groups is 1. The van der Waals surface area contributed by atoms with E-state index in [-0.39, 0.29) is 6.10 Å². The minimum absolute atomic E-state index is 0.284. The molecule has 74 valence electrons.